The summed E-state index contributed by atoms with van der Waals surface area (Å²) in [6, 6.07) is 8.19. The van der Waals surface area contributed by atoms with Crippen LogP contribution < -0.4 is 4.74 Å². The lowest BCUT2D eigenvalue weighted by Gasteiger charge is -2.29. The summed E-state index contributed by atoms with van der Waals surface area (Å²) >= 11 is 0. The van der Waals surface area contributed by atoms with Crippen LogP contribution >= 0.6 is 0 Å². The third kappa shape index (κ3) is 2.67. The van der Waals surface area contributed by atoms with E-state index in [2.05, 4.69) is 0 Å². The molecule has 0 radical (unpaired) electrons. The Kier molecular flexibility index (Phi) is 4.49. The lowest BCUT2D eigenvalue weighted by molar-refractivity contribution is -0.136. The van der Waals surface area contributed by atoms with Gasteiger partial charge >= 0.3 is 5.97 Å². The quantitative estimate of drug-likeness (QED) is 0.686. The normalized spacial score (nSPS) is 17.4. The average Bonchev–Trinajstić information content (AvgIpc) is 2.71. The van der Waals surface area contributed by atoms with Crippen molar-refractivity contribution in [2.45, 2.75) is 20.3 Å². The van der Waals surface area contributed by atoms with Gasteiger partial charge in [-0.1, -0.05) is 25.1 Å². The number of benzene rings is 2. The zero-order valence-electron chi connectivity index (χ0n) is 16.4. The molecule has 6 nitrogen and oxygen atoms in total. The second kappa shape index (κ2) is 6.88. The maximum atomic E-state index is 13.4. The van der Waals surface area contributed by atoms with E-state index in [4.69, 9.17) is 9.47 Å². The Morgan fingerprint density at radius 3 is 2.45 bits per heavy atom. The molecule has 2 aliphatic rings. The zero-order valence-corrected chi connectivity index (χ0v) is 16.4. The third-order valence-corrected chi connectivity index (χ3v) is 5.46. The van der Waals surface area contributed by atoms with Crippen molar-refractivity contribution >= 4 is 23.1 Å². The van der Waals surface area contributed by atoms with Gasteiger partial charge in [0, 0.05) is 28.2 Å². The summed E-state index contributed by atoms with van der Waals surface area (Å²) in [5.74, 6) is -1.54. The summed E-state index contributed by atoms with van der Waals surface area (Å²) < 4.78 is 10.4. The van der Waals surface area contributed by atoms with Gasteiger partial charge in [0.25, 0.3) is 0 Å². The molecule has 0 bridgehead atoms. The molecule has 1 unspecified atom stereocenters. The molecule has 29 heavy (non-hydrogen) atoms. The molecule has 2 aromatic carbocycles. The van der Waals surface area contributed by atoms with Gasteiger partial charge in [-0.05, 0) is 31.0 Å². The number of ketones is 2. The van der Waals surface area contributed by atoms with Crippen LogP contribution in [0.25, 0.3) is 5.57 Å². The van der Waals surface area contributed by atoms with Crippen LogP contribution in [0.3, 0.4) is 0 Å². The molecular formula is C23H20O6. The van der Waals surface area contributed by atoms with Gasteiger partial charge in [0.05, 0.1) is 19.3 Å². The Balaban J connectivity index is 2.02. The molecule has 0 spiro atoms. The van der Waals surface area contributed by atoms with E-state index in [1.54, 1.807) is 44.2 Å². The summed E-state index contributed by atoms with van der Waals surface area (Å²) in [4.78, 5) is 39.4. The van der Waals surface area contributed by atoms with E-state index in [0.29, 0.717) is 17.7 Å². The minimum absolute atomic E-state index is 0.0371. The second-order valence-corrected chi connectivity index (χ2v) is 7.15. The summed E-state index contributed by atoms with van der Waals surface area (Å²) in [7, 11) is 1.44. The molecule has 0 aliphatic heterocycles. The van der Waals surface area contributed by atoms with E-state index in [1.807, 2.05) is 0 Å². The van der Waals surface area contributed by atoms with E-state index >= 15 is 0 Å². The fourth-order valence-corrected chi connectivity index (χ4v) is 4.13. The summed E-state index contributed by atoms with van der Waals surface area (Å²) in [6.07, 6.45) is 0.448. The van der Waals surface area contributed by atoms with E-state index in [9.17, 15) is 19.5 Å². The van der Waals surface area contributed by atoms with Crippen LogP contribution in [0.2, 0.25) is 0 Å². The number of carbonyl (C=O) groups excluding carboxylic acids is 3. The highest BCUT2D eigenvalue weighted by atomic mass is 16.5. The highest BCUT2D eigenvalue weighted by molar-refractivity contribution is 6.32. The van der Waals surface area contributed by atoms with Crippen LogP contribution in [0.4, 0.5) is 0 Å². The molecule has 148 valence electrons. The maximum Gasteiger partial charge on any atom is 0.342 e. The molecule has 0 fully saturated rings. The number of aliphatic hydroxyl groups excluding tert-OH is 1. The first-order chi connectivity index (χ1) is 13.9. The topological polar surface area (TPSA) is 89.9 Å². The summed E-state index contributed by atoms with van der Waals surface area (Å²) in [5, 5.41) is 10.7. The van der Waals surface area contributed by atoms with Gasteiger partial charge in [0.2, 0.25) is 0 Å². The average molecular weight is 392 g/mol. The van der Waals surface area contributed by atoms with Crippen LogP contribution in [0.5, 0.6) is 5.75 Å². The van der Waals surface area contributed by atoms with Crippen molar-refractivity contribution in [1.82, 2.24) is 0 Å². The lowest BCUT2D eigenvalue weighted by atomic mass is 9.74. The van der Waals surface area contributed by atoms with Gasteiger partial charge in [-0.2, -0.15) is 0 Å². The molecule has 0 amide bonds. The zero-order chi connectivity index (χ0) is 20.9. The van der Waals surface area contributed by atoms with Crippen LogP contribution in [0.15, 0.2) is 36.1 Å². The smallest absolute Gasteiger partial charge is 0.342 e. The molecule has 0 aromatic heterocycles. The fraction of sp³-hybridized carbons (Fsp3) is 0.261. The first kappa shape index (κ1) is 18.9. The predicted molar refractivity (Wildman–Crippen MR) is 105 cm³/mol. The van der Waals surface area contributed by atoms with Crippen molar-refractivity contribution in [3.05, 3.63) is 69.5 Å². The predicted octanol–water partition coefficient (Wildman–Crippen LogP) is 3.50. The Labute approximate surface area is 167 Å². The minimum atomic E-state index is -0.706. The molecule has 0 heterocycles. The van der Waals surface area contributed by atoms with Crippen LogP contribution in [0, 0.1) is 5.92 Å². The SMILES string of the molecule is CCOC(=O)C1=C(O)C(C)Cc2ccc3c(c21)C(=O)c1cccc(OC)c1C3=O. The number of esters is 1. The number of hydrogen-bond acceptors (Lipinski definition) is 6. The van der Waals surface area contributed by atoms with Gasteiger partial charge in [-0.25, -0.2) is 4.79 Å². The van der Waals surface area contributed by atoms with Crippen LogP contribution in [-0.2, 0) is 16.0 Å². The van der Waals surface area contributed by atoms with Gasteiger partial charge < -0.3 is 14.6 Å². The summed E-state index contributed by atoms with van der Waals surface area (Å²) in [6.45, 7) is 3.59. The summed E-state index contributed by atoms with van der Waals surface area (Å²) in [5.41, 5.74) is 1.74. The third-order valence-electron chi connectivity index (χ3n) is 5.46. The monoisotopic (exact) mass is 392 g/mol. The van der Waals surface area contributed by atoms with Crippen molar-refractivity contribution in [2.75, 3.05) is 13.7 Å². The Hall–Kier alpha value is -3.41. The van der Waals surface area contributed by atoms with Crippen molar-refractivity contribution in [3.8, 4) is 5.75 Å². The van der Waals surface area contributed by atoms with Gasteiger partial charge in [0.1, 0.15) is 17.1 Å². The number of hydrogen-bond donors (Lipinski definition) is 1. The number of rotatable bonds is 3. The van der Waals surface area contributed by atoms with Crippen LogP contribution in [0.1, 0.15) is 56.8 Å². The van der Waals surface area contributed by atoms with Crippen LogP contribution in [-0.4, -0.2) is 36.4 Å². The van der Waals surface area contributed by atoms with Gasteiger partial charge in [-0.3, -0.25) is 9.59 Å². The molecule has 0 saturated carbocycles. The number of methoxy groups -OCH3 is 1. The van der Waals surface area contributed by atoms with E-state index in [0.717, 1.165) is 5.56 Å². The van der Waals surface area contributed by atoms with Crippen molar-refractivity contribution < 1.29 is 29.0 Å². The first-order valence-corrected chi connectivity index (χ1v) is 9.43. The number of ether oxygens (including phenoxy) is 2. The number of fused-ring (bicyclic) bond motifs is 4. The van der Waals surface area contributed by atoms with E-state index < -0.39 is 5.97 Å². The Morgan fingerprint density at radius 1 is 1.07 bits per heavy atom. The van der Waals surface area contributed by atoms with Gasteiger partial charge in [-0.15, -0.1) is 0 Å². The van der Waals surface area contributed by atoms with Crippen molar-refractivity contribution in [2.24, 2.45) is 5.92 Å². The van der Waals surface area contributed by atoms with E-state index in [-0.39, 0.29) is 57.7 Å². The molecule has 2 aromatic rings. The largest absolute Gasteiger partial charge is 0.511 e. The molecule has 1 N–H and O–H groups in total. The van der Waals surface area contributed by atoms with E-state index in [1.165, 1.54) is 7.11 Å². The lowest BCUT2D eigenvalue weighted by Crippen LogP contribution is -2.28. The minimum Gasteiger partial charge on any atom is -0.511 e. The first-order valence-electron chi connectivity index (χ1n) is 9.43. The molecule has 4 rings (SSSR count). The highest BCUT2D eigenvalue weighted by Crippen LogP contribution is 2.42. The Morgan fingerprint density at radius 2 is 1.76 bits per heavy atom. The van der Waals surface area contributed by atoms with Gasteiger partial charge in [0.15, 0.2) is 11.6 Å². The number of carbonyl (C=O) groups is 3. The molecule has 6 heteroatoms. The highest BCUT2D eigenvalue weighted by Gasteiger charge is 2.39. The molecule has 0 saturated heterocycles. The number of aliphatic hydroxyl groups is 1. The number of allylic oxidation sites excluding steroid dienone is 1. The molecule has 1 atom stereocenters. The van der Waals surface area contributed by atoms with Crippen molar-refractivity contribution in [1.29, 1.82) is 0 Å². The standard InChI is InChI=1S/C23H20O6/c1-4-29-23(27)19-16-12(10-11(2)20(19)24)8-9-14-18(16)22(26)13-6-5-7-15(28-3)17(13)21(14)25/h5-9,11,24H,4,10H2,1-3H3. The molecular weight excluding hydrogens is 372 g/mol. The maximum absolute atomic E-state index is 13.4. The second-order valence-electron chi connectivity index (χ2n) is 7.15. The van der Waals surface area contributed by atoms with Crippen molar-refractivity contribution in [3.63, 3.8) is 0 Å². The fourth-order valence-electron chi connectivity index (χ4n) is 4.13. The Bertz CT molecular complexity index is 1110. The molecule has 2 aliphatic carbocycles.